The number of rotatable bonds is 5. The van der Waals surface area contributed by atoms with Crippen molar-refractivity contribution in [1.82, 2.24) is 10.2 Å². The first-order chi connectivity index (χ1) is 7.04. The minimum Gasteiger partial charge on any atom is -0.347 e. The molecule has 0 aromatic carbocycles. The second-order valence-corrected chi connectivity index (χ2v) is 3.60. The van der Waals surface area contributed by atoms with E-state index in [1.807, 2.05) is 13.8 Å². The van der Waals surface area contributed by atoms with Crippen molar-refractivity contribution in [3.05, 3.63) is 0 Å². The highest BCUT2D eigenvalue weighted by Crippen LogP contribution is 2.03. The number of nitrogens with zero attached hydrogens (tertiary/aromatic N) is 1. The lowest BCUT2D eigenvalue weighted by atomic mass is 10.2. The number of hydrogen-bond donors (Lipinski definition) is 2. The smallest absolute Gasteiger partial charge is 0.311 e. The van der Waals surface area contributed by atoms with Crippen LogP contribution in [-0.2, 0) is 9.59 Å². The molecule has 15 heavy (non-hydrogen) atoms. The van der Waals surface area contributed by atoms with Gasteiger partial charge in [0.2, 0.25) is 0 Å². The van der Waals surface area contributed by atoms with E-state index < -0.39 is 11.8 Å². The molecule has 0 aromatic heterocycles. The van der Waals surface area contributed by atoms with Gasteiger partial charge < -0.3 is 16.0 Å². The maximum atomic E-state index is 11.5. The molecule has 0 rings (SSSR count). The van der Waals surface area contributed by atoms with Crippen LogP contribution >= 0.6 is 0 Å². The fourth-order valence-corrected chi connectivity index (χ4v) is 1.23. The summed E-state index contributed by atoms with van der Waals surface area (Å²) in [4.78, 5) is 24.3. The lowest BCUT2D eigenvalue weighted by molar-refractivity contribution is -0.146. The zero-order valence-corrected chi connectivity index (χ0v) is 9.75. The third-order valence-electron chi connectivity index (χ3n) is 2.31. The summed E-state index contributed by atoms with van der Waals surface area (Å²) in [6.07, 6.45) is 1.88. The van der Waals surface area contributed by atoms with Crippen molar-refractivity contribution in [2.45, 2.75) is 32.7 Å². The van der Waals surface area contributed by atoms with Gasteiger partial charge in [-0.2, -0.15) is 0 Å². The molecule has 88 valence electrons. The Morgan fingerprint density at radius 1 is 1.47 bits per heavy atom. The van der Waals surface area contributed by atoms with Gasteiger partial charge >= 0.3 is 11.8 Å². The number of hydrogen-bond acceptors (Lipinski definition) is 3. The number of carbonyl (C=O) groups excluding carboxylic acids is 2. The van der Waals surface area contributed by atoms with Crippen LogP contribution in [0.1, 0.15) is 26.7 Å². The Morgan fingerprint density at radius 2 is 2.07 bits per heavy atom. The van der Waals surface area contributed by atoms with Crippen molar-refractivity contribution < 1.29 is 9.59 Å². The van der Waals surface area contributed by atoms with Crippen LogP contribution in [-0.4, -0.2) is 42.9 Å². The lowest BCUT2D eigenvalue weighted by Crippen LogP contribution is -2.45. The Hall–Kier alpha value is -1.10. The van der Waals surface area contributed by atoms with Crippen molar-refractivity contribution in [3.63, 3.8) is 0 Å². The van der Waals surface area contributed by atoms with E-state index in [0.29, 0.717) is 13.1 Å². The number of nitrogens with one attached hydrogen (secondary N) is 1. The SMILES string of the molecule is CCCC(C)N(C)C(=O)C(=O)NCCN. The summed E-state index contributed by atoms with van der Waals surface area (Å²) >= 11 is 0. The first-order valence-corrected chi connectivity index (χ1v) is 5.29. The molecule has 1 unspecified atom stereocenters. The molecule has 1 atom stereocenters. The third-order valence-corrected chi connectivity index (χ3v) is 2.31. The van der Waals surface area contributed by atoms with Gasteiger partial charge in [-0.25, -0.2) is 0 Å². The summed E-state index contributed by atoms with van der Waals surface area (Å²) in [6.45, 7) is 4.65. The molecule has 5 nitrogen and oxygen atoms in total. The fourth-order valence-electron chi connectivity index (χ4n) is 1.23. The van der Waals surface area contributed by atoms with Crippen molar-refractivity contribution in [2.24, 2.45) is 5.73 Å². The quantitative estimate of drug-likeness (QED) is 0.619. The summed E-state index contributed by atoms with van der Waals surface area (Å²) in [6, 6.07) is 0.0890. The summed E-state index contributed by atoms with van der Waals surface area (Å²) in [7, 11) is 1.64. The van der Waals surface area contributed by atoms with E-state index in [1.54, 1.807) is 7.05 Å². The highest BCUT2D eigenvalue weighted by molar-refractivity contribution is 6.34. The first-order valence-electron chi connectivity index (χ1n) is 5.29. The van der Waals surface area contributed by atoms with Gasteiger partial charge in [-0.3, -0.25) is 9.59 Å². The molecule has 0 spiro atoms. The Balaban J connectivity index is 4.12. The van der Waals surface area contributed by atoms with Crippen LogP contribution < -0.4 is 11.1 Å². The molecule has 0 heterocycles. The van der Waals surface area contributed by atoms with E-state index in [-0.39, 0.29) is 6.04 Å². The Labute approximate surface area is 91.0 Å². The second-order valence-electron chi connectivity index (χ2n) is 3.60. The molecule has 0 saturated carbocycles. The summed E-state index contributed by atoms with van der Waals surface area (Å²) in [5.41, 5.74) is 5.22. The monoisotopic (exact) mass is 215 g/mol. The second kappa shape index (κ2) is 7.23. The maximum Gasteiger partial charge on any atom is 0.311 e. The molecular weight excluding hydrogens is 194 g/mol. The number of likely N-dealkylation sites (N-methyl/N-ethyl adjacent to an activating group) is 1. The predicted molar refractivity (Wildman–Crippen MR) is 59.2 cm³/mol. The molecule has 0 bridgehead atoms. The van der Waals surface area contributed by atoms with Gasteiger partial charge in [0.15, 0.2) is 0 Å². The fraction of sp³-hybridized carbons (Fsp3) is 0.800. The van der Waals surface area contributed by atoms with Crippen molar-refractivity contribution >= 4 is 11.8 Å². The number of carbonyl (C=O) groups is 2. The molecule has 3 N–H and O–H groups in total. The van der Waals surface area contributed by atoms with Crippen LogP contribution in [0.3, 0.4) is 0 Å². The van der Waals surface area contributed by atoms with Crippen molar-refractivity contribution in [2.75, 3.05) is 20.1 Å². The largest absolute Gasteiger partial charge is 0.347 e. The van der Waals surface area contributed by atoms with Gasteiger partial charge in [-0.05, 0) is 13.3 Å². The van der Waals surface area contributed by atoms with Crippen LogP contribution in [0.15, 0.2) is 0 Å². The summed E-state index contributed by atoms with van der Waals surface area (Å²) < 4.78 is 0. The number of amides is 2. The Morgan fingerprint density at radius 3 is 2.53 bits per heavy atom. The van der Waals surface area contributed by atoms with Crippen LogP contribution in [0.5, 0.6) is 0 Å². The van der Waals surface area contributed by atoms with Gasteiger partial charge in [-0.15, -0.1) is 0 Å². The molecule has 0 aliphatic rings. The zero-order valence-electron chi connectivity index (χ0n) is 9.75. The summed E-state index contributed by atoms with van der Waals surface area (Å²) in [5, 5.41) is 2.45. The van der Waals surface area contributed by atoms with E-state index in [9.17, 15) is 9.59 Å². The highest BCUT2D eigenvalue weighted by Gasteiger charge is 2.21. The average molecular weight is 215 g/mol. The first kappa shape index (κ1) is 13.9. The summed E-state index contributed by atoms with van der Waals surface area (Å²) in [5.74, 6) is -1.07. The normalized spacial score (nSPS) is 12.0. The Kier molecular flexibility index (Phi) is 6.70. The van der Waals surface area contributed by atoms with E-state index in [4.69, 9.17) is 5.73 Å². The van der Waals surface area contributed by atoms with Crippen LogP contribution in [0.25, 0.3) is 0 Å². The van der Waals surface area contributed by atoms with Gasteiger partial charge in [-0.1, -0.05) is 13.3 Å². The minimum atomic E-state index is -0.578. The van der Waals surface area contributed by atoms with Gasteiger partial charge in [0.25, 0.3) is 0 Å². The molecule has 0 aliphatic heterocycles. The van der Waals surface area contributed by atoms with E-state index in [0.717, 1.165) is 12.8 Å². The lowest BCUT2D eigenvalue weighted by Gasteiger charge is -2.23. The molecule has 0 aliphatic carbocycles. The van der Waals surface area contributed by atoms with E-state index >= 15 is 0 Å². The maximum absolute atomic E-state index is 11.5. The highest BCUT2D eigenvalue weighted by atomic mass is 16.2. The van der Waals surface area contributed by atoms with Crippen molar-refractivity contribution in [1.29, 1.82) is 0 Å². The topological polar surface area (TPSA) is 75.4 Å². The van der Waals surface area contributed by atoms with E-state index in [1.165, 1.54) is 4.90 Å². The van der Waals surface area contributed by atoms with E-state index in [2.05, 4.69) is 5.32 Å². The van der Waals surface area contributed by atoms with Crippen LogP contribution in [0.4, 0.5) is 0 Å². The molecule has 5 heteroatoms. The van der Waals surface area contributed by atoms with Crippen LogP contribution in [0, 0.1) is 0 Å². The Bertz CT molecular complexity index is 219. The molecule has 0 aromatic rings. The van der Waals surface area contributed by atoms with Crippen LogP contribution in [0.2, 0.25) is 0 Å². The van der Waals surface area contributed by atoms with Gasteiger partial charge in [0.1, 0.15) is 0 Å². The molecule has 0 saturated heterocycles. The standard InChI is InChI=1S/C10H21N3O2/c1-4-5-8(2)13(3)10(15)9(14)12-7-6-11/h8H,4-7,11H2,1-3H3,(H,12,14). The zero-order chi connectivity index (χ0) is 11.8. The molecule has 0 fully saturated rings. The average Bonchev–Trinajstić information content (AvgIpc) is 2.24. The predicted octanol–water partition coefficient (Wildman–Crippen LogP) is -0.292. The molecule has 0 radical (unpaired) electrons. The number of nitrogens with two attached hydrogens (primary N) is 1. The molecule has 2 amide bonds. The minimum absolute atomic E-state index is 0.0890. The van der Waals surface area contributed by atoms with Crippen molar-refractivity contribution in [3.8, 4) is 0 Å². The van der Waals surface area contributed by atoms with Gasteiger partial charge in [0.05, 0.1) is 0 Å². The molecular formula is C10H21N3O2. The third kappa shape index (κ3) is 4.78. The van der Waals surface area contributed by atoms with Gasteiger partial charge in [0, 0.05) is 26.2 Å².